The average Bonchev–Trinajstić information content (AvgIpc) is 2.97. The molecule has 0 aromatic heterocycles. The first-order valence-corrected chi connectivity index (χ1v) is 11.2. The fraction of sp³-hybridized carbons (Fsp3) is 0.870. The van der Waals surface area contributed by atoms with Gasteiger partial charge in [0, 0.05) is 24.5 Å². The molecule has 0 aromatic carbocycles. The van der Waals surface area contributed by atoms with E-state index in [1.807, 2.05) is 20.8 Å². The average molecular weight is 441 g/mol. The molecule has 8 nitrogen and oxygen atoms in total. The molecule has 1 aliphatic heterocycles. The number of carbonyl (C=O) groups is 3. The fourth-order valence-electron chi connectivity index (χ4n) is 4.72. The maximum absolute atomic E-state index is 12.6. The van der Waals surface area contributed by atoms with Crippen molar-refractivity contribution in [1.29, 1.82) is 0 Å². The quantitative estimate of drug-likeness (QED) is 0.511. The summed E-state index contributed by atoms with van der Waals surface area (Å²) in [5, 5.41) is 2.80. The van der Waals surface area contributed by atoms with Crippen LogP contribution in [0.25, 0.3) is 0 Å². The van der Waals surface area contributed by atoms with Crippen molar-refractivity contribution in [1.82, 2.24) is 10.2 Å². The summed E-state index contributed by atoms with van der Waals surface area (Å²) >= 11 is 0. The van der Waals surface area contributed by atoms with Gasteiger partial charge in [-0.25, -0.2) is 9.59 Å². The molecule has 2 amide bonds. The van der Waals surface area contributed by atoms with Crippen LogP contribution >= 0.6 is 0 Å². The second kappa shape index (κ2) is 9.25. The molecule has 2 aliphatic rings. The van der Waals surface area contributed by atoms with Gasteiger partial charge >= 0.3 is 18.2 Å². The molecule has 2 rings (SSSR count). The molecule has 1 spiro atoms. The lowest BCUT2D eigenvalue weighted by atomic mass is 9.68. The van der Waals surface area contributed by atoms with Gasteiger partial charge in [-0.15, -0.1) is 0 Å². The number of hydrogen-bond acceptors (Lipinski definition) is 6. The van der Waals surface area contributed by atoms with Gasteiger partial charge in [-0.05, 0) is 73.6 Å². The summed E-state index contributed by atoms with van der Waals surface area (Å²) < 4.78 is 15.9. The van der Waals surface area contributed by atoms with E-state index in [2.05, 4.69) is 5.32 Å². The Morgan fingerprint density at radius 2 is 1.65 bits per heavy atom. The standard InChI is InChI=1S/C23H40N2O6/c1-15(24-19(27)30-21(2,3)4)17(18(26)29-8)12-16-10-9-11-23(16)13-25(14-23)20(28)31-22(5,6)7/h15-17H,9-14H2,1-8H3,(H,24,27). The highest BCUT2D eigenvalue weighted by Crippen LogP contribution is 2.52. The molecule has 1 heterocycles. The molecule has 1 saturated carbocycles. The molecule has 0 bridgehead atoms. The Morgan fingerprint density at radius 1 is 1.06 bits per heavy atom. The van der Waals surface area contributed by atoms with Gasteiger partial charge in [0.2, 0.25) is 0 Å². The highest BCUT2D eigenvalue weighted by Gasteiger charge is 2.54. The Balaban J connectivity index is 2.02. The summed E-state index contributed by atoms with van der Waals surface area (Å²) in [5.74, 6) is -0.542. The number of carbonyl (C=O) groups excluding carboxylic acids is 3. The predicted molar refractivity (Wildman–Crippen MR) is 117 cm³/mol. The van der Waals surface area contributed by atoms with Crippen molar-refractivity contribution < 1.29 is 28.6 Å². The molecule has 3 atom stereocenters. The van der Waals surface area contributed by atoms with E-state index in [4.69, 9.17) is 14.2 Å². The van der Waals surface area contributed by atoms with Crippen LogP contribution in [0.3, 0.4) is 0 Å². The van der Waals surface area contributed by atoms with E-state index >= 15 is 0 Å². The van der Waals surface area contributed by atoms with Crippen molar-refractivity contribution in [2.75, 3.05) is 20.2 Å². The third kappa shape index (κ3) is 6.74. The van der Waals surface area contributed by atoms with Crippen molar-refractivity contribution >= 4 is 18.2 Å². The molecule has 1 aliphatic carbocycles. The van der Waals surface area contributed by atoms with Crippen LogP contribution in [0.2, 0.25) is 0 Å². The number of hydrogen-bond donors (Lipinski definition) is 1. The Hall–Kier alpha value is -1.99. The number of ether oxygens (including phenoxy) is 3. The van der Waals surface area contributed by atoms with Crippen molar-refractivity contribution in [3.63, 3.8) is 0 Å². The Bertz CT molecular complexity index is 673. The minimum absolute atomic E-state index is 0.00874. The highest BCUT2D eigenvalue weighted by atomic mass is 16.6. The molecular formula is C23H40N2O6. The second-order valence-electron chi connectivity index (χ2n) is 11.1. The molecule has 31 heavy (non-hydrogen) atoms. The number of esters is 1. The van der Waals surface area contributed by atoms with E-state index in [0.717, 1.165) is 19.3 Å². The summed E-state index contributed by atoms with van der Waals surface area (Å²) in [6.45, 7) is 14.1. The van der Waals surface area contributed by atoms with Crippen LogP contribution in [0.15, 0.2) is 0 Å². The van der Waals surface area contributed by atoms with Crippen molar-refractivity contribution in [2.45, 2.75) is 91.4 Å². The lowest BCUT2D eigenvalue weighted by molar-refractivity contribution is -0.148. The summed E-state index contributed by atoms with van der Waals surface area (Å²) in [6, 6.07) is -0.429. The number of methoxy groups -OCH3 is 1. The van der Waals surface area contributed by atoms with Gasteiger partial charge in [0.1, 0.15) is 11.2 Å². The largest absolute Gasteiger partial charge is 0.469 e. The fourth-order valence-corrected chi connectivity index (χ4v) is 4.72. The normalized spacial score (nSPS) is 22.3. The third-order valence-corrected chi connectivity index (χ3v) is 6.15. The Kier molecular flexibility index (Phi) is 7.54. The van der Waals surface area contributed by atoms with Crippen molar-refractivity contribution in [3.8, 4) is 0 Å². The molecule has 0 radical (unpaired) electrons. The first-order chi connectivity index (χ1) is 14.2. The van der Waals surface area contributed by atoms with E-state index in [9.17, 15) is 14.4 Å². The molecule has 2 fully saturated rings. The second-order valence-corrected chi connectivity index (χ2v) is 11.1. The summed E-state index contributed by atoms with van der Waals surface area (Å²) in [4.78, 5) is 38.9. The van der Waals surface area contributed by atoms with Crippen LogP contribution in [0.5, 0.6) is 0 Å². The first-order valence-electron chi connectivity index (χ1n) is 11.2. The minimum atomic E-state index is -0.614. The van der Waals surface area contributed by atoms with Gasteiger partial charge in [-0.2, -0.15) is 0 Å². The van der Waals surface area contributed by atoms with Gasteiger partial charge in [0.25, 0.3) is 0 Å². The van der Waals surface area contributed by atoms with E-state index < -0.39 is 29.3 Å². The number of rotatable bonds is 5. The minimum Gasteiger partial charge on any atom is -0.469 e. The molecule has 3 unspecified atom stereocenters. The molecular weight excluding hydrogens is 400 g/mol. The maximum atomic E-state index is 12.6. The first kappa shape index (κ1) is 25.3. The van der Waals surface area contributed by atoms with Crippen LogP contribution in [0, 0.1) is 17.3 Å². The van der Waals surface area contributed by atoms with E-state index in [-0.39, 0.29) is 23.4 Å². The molecule has 8 heteroatoms. The Labute approximate surface area is 186 Å². The monoisotopic (exact) mass is 440 g/mol. The van der Waals surface area contributed by atoms with Gasteiger partial charge in [-0.1, -0.05) is 6.42 Å². The number of nitrogens with zero attached hydrogens (tertiary/aromatic N) is 1. The Morgan fingerprint density at radius 3 is 2.16 bits per heavy atom. The lowest BCUT2D eigenvalue weighted by Crippen LogP contribution is -2.61. The van der Waals surface area contributed by atoms with Crippen LogP contribution in [0.4, 0.5) is 9.59 Å². The number of likely N-dealkylation sites (tertiary alicyclic amines) is 1. The molecule has 0 aromatic rings. The highest BCUT2D eigenvalue weighted by molar-refractivity contribution is 5.75. The maximum Gasteiger partial charge on any atom is 0.410 e. The van der Waals surface area contributed by atoms with Gasteiger partial charge in [0.15, 0.2) is 0 Å². The zero-order chi connectivity index (χ0) is 23.6. The topological polar surface area (TPSA) is 94.2 Å². The third-order valence-electron chi connectivity index (χ3n) is 6.15. The van der Waals surface area contributed by atoms with Gasteiger partial charge in [-0.3, -0.25) is 4.79 Å². The number of alkyl carbamates (subject to hydrolysis) is 1. The SMILES string of the molecule is COC(=O)C(CC1CCCC12CN(C(=O)OC(C)(C)C)C2)C(C)NC(=O)OC(C)(C)C. The molecule has 1 saturated heterocycles. The molecule has 1 N–H and O–H groups in total. The summed E-state index contributed by atoms with van der Waals surface area (Å²) in [6.07, 6.45) is 2.86. The smallest absolute Gasteiger partial charge is 0.410 e. The number of amides is 2. The van der Waals surface area contributed by atoms with Gasteiger partial charge in [0.05, 0.1) is 13.0 Å². The van der Waals surface area contributed by atoms with Crippen LogP contribution < -0.4 is 5.32 Å². The zero-order valence-corrected chi connectivity index (χ0v) is 20.4. The molecule has 178 valence electrons. The lowest BCUT2D eigenvalue weighted by Gasteiger charge is -2.52. The van der Waals surface area contributed by atoms with Crippen LogP contribution in [-0.2, 0) is 19.0 Å². The van der Waals surface area contributed by atoms with Crippen LogP contribution in [-0.4, -0.2) is 60.5 Å². The summed E-state index contributed by atoms with van der Waals surface area (Å²) in [5.41, 5.74) is -1.13. The summed E-state index contributed by atoms with van der Waals surface area (Å²) in [7, 11) is 1.37. The number of nitrogens with one attached hydrogen (secondary N) is 1. The van der Waals surface area contributed by atoms with Crippen molar-refractivity contribution in [3.05, 3.63) is 0 Å². The van der Waals surface area contributed by atoms with E-state index in [1.54, 1.807) is 32.6 Å². The predicted octanol–water partition coefficient (Wildman–Crippen LogP) is 4.12. The van der Waals surface area contributed by atoms with E-state index in [1.165, 1.54) is 7.11 Å². The van der Waals surface area contributed by atoms with Gasteiger partial charge < -0.3 is 24.4 Å². The van der Waals surface area contributed by atoms with E-state index in [0.29, 0.717) is 19.5 Å². The van der Waals surface area contributed by atoms with Crippen LogP contribution in [0.1, 0.15) is 74.1 Å². The van der Waals surface area contributed by atoms with Crippen molar-refractivity contribution in [2.24, 2.45) is 17.3 Å². The zero-order valence-electron chi connectivity index (χ0n) is 20.4.